The lowest BCUT2D eigenvalue weighted by Crippen LogP contribution is -2.45. The first-order chi connectivity index (χ1) is 12.7. The van der Waals surface area contributed by atoms with Gasteiger partial charge in [-0.15, -0.1) is 0 Å². The summed E-state index contributed by atoms with van der Waals surface area (Å²) in [5.74, 6) is 0. The van der Waals surface area contributed by atoms with Crippen LogP contribution < -0.4 is 10.0 Å². The molecule has 0 saturated carbocycles. The number of benzene rings is 1. The van der Waals surface area contributed by atoms with Crippen molar-refractivity contribution >= 4 is 21.7 Å². The van der Waals surface area contributed by atoms with Gasteiger partial charge >= 0.3 is 6.03 Å². The van der Waals surface area contributed by atoms with E-state index < -0.39 is 21.3 Å². The van der Waals surface area contributed by atoms with Gasteiger partial charge in [0.05, 0.1) is 5.25 Å². The van der Waals surface area contributed by atoms with E-state index in [0.717, 1.165) is 44.2 Å². The number of urea groups is 1. The van der Waals surface area contributed by atoms with Crippen LogP contribution in [0.1, 0.15) is 55.9 Å². The number of anilines is 1. The predicted octanol–water partition coefficient (Wildman–Crippen LogP) is 2.84. The molecule has 0 heterocycles. The monoisotopic (exact) mass is 393 g/mol. The summed E-state index contributed by atoms with van der Waals surface area (Å²) >= 11 is 0. The lowest BCUT2D eigenvalue weighted by atomic mass is 9.99. The lowest BCUT2D eigenvalue weighted by molar-refractivity contribution is 0.255. The van der Waals surface area contributed by atoms with Crippen LogP contribution in [0.15, 0.2) is 6.07 Å². The molecular formula is C20H31N3O3S. The molecule has 27 heavy (non-hydrogen) atoms. The quantitative estimate of drug-likeness (QED) is 0.779. The van der Waals surface area contributed by atoms with Gasteiger partial charge in [-0.3, -0.25) is 0 Å². The highest BCUT2D eigenvalue weighted by Gasteiger charge is 2.28. The topological polar surface area (TPSA) is 78.5 Å². The summed E-state index contributed by atoms with van der Waals surface area (Å²) in [6.45, 7) is 6.02. The fourth-order valence-electron chi connectivity index (χ4n) is 4.05. The average Bonchev–Trinajstić information content (AvgIpc) is 3.22. The highest BCUT2D eigenvalue weighted by Crippen LogP contribution is 2.38. The molecule has 0 saturated heterocycles. The maximum absolute atomic E-state index is 12.6. The average molecular weight is 394 g/mol. The SMILES string of the molecule is CC(C)N(C)CC(C)S(=O)(=O)NC(=O)Nc1c2c(cc3c1CCC3)CCC2. The Morgan fingerprint density at radius 1 is 1.07 bits per heavy atom. The highest BCUT2D eigenvalue weighted by atomic mass is 32.2. The number of sulfonamides is 1. The van der Waals surface area contributed by atoms with Crippen molar-refractivity contribution in [3.63, 3.8) is 0 Å². The van der Waals surface area contributed by atoms with Crippen LogP contribution in [0.25, 0.3) is 0 Å². The third-order valence-electron chi connectivity index (χ3n) is 5.90. The lowest BCUT2D eigenvalue weighted by Gasteiger charge is -2.25. The number of carbonyl (C=O) groups is 1. The van der Waals surface area contributed by atoms with Crippen LogP contribution in [0.4, 0.5) is 10.5 Å². The van der Waals surface area contributed by atoms with Gasteiger partial charge in [0.2, 0.25) is 10.0 Å². The zero-order chi connectivity index (χ0) is 19.8. The second kappa shape index (κ2) is 7.80. The Kier molecular flexibility index (Phi) is 5.82. The Morgan fingerprint density at radius 2 is 1.63 bits per heavy atom. The molecule has 2 aliphatic rings. The van der Waals surface area contributed by atoms with Gasteiger partial charge in [0.1, 0.15) is 0 Å². The molecule has 6 nitrogen and oxygen atoms in total. The minimum atomic E-state index is -3.74. The minimum Gasteiger partial charge on any atom is -0.307 e. The zero-order valence-electron chi connectivity index (χ0n) is 16.8. The van der Waals surface area contributed by atoms with E-state index in [-0.39, 0.29) is 6.04 Å². The fourth-order valence-corrected chi connectivity index (χ4v) is 4.99. The third-order valence-corrected chi connectivity index (χ3v) is 7.58. The Labute approximate surface area is 162 Å². The van der Waals surface area contributed by atoms with E-state index in [1.807, 2.05) is 25.8 Å². The van der Waals surface area contributed by atoms with Crippen LogP contribution in [-0.2, 0) is 35.7 Å². The van der Waals surface area contributed by atoms with Crippen LogP contribution in [-0.4, -0.2) is 44.2 Å². The minimum absolute atomic E-state index is 0.242. The standard InChI is InChI=1S/C20H31N3O3S/c1-13(2)23(4)12-14(3)27(25,26)22-20(24)21-19-17-9-5-7-15(17)11-16-8-6-10-18(16)19/h11,13-14H,5-10,12H2,1-4H3,(H2,21,22,24). The van der Waals surface area contributed by atoms with Crippen molar-refractivity contribution in [2.75, 3.05) is 18.9 Å². The molecule has 1 aromatic carbocycles. The highest BCUT2D eigenvalue weighted by molar-refractivity contribution is 7.90. The van der Waals surface area contributed by atoms with E-state index in [0.29, 0.717) is 6.54 Å². The van der Waals surface area contributed by atoms with Gasteiger partial charge in [-0.2, -0.15) is 0 Å². The van der Waals surface area contributed by atoms with Crippen molar-refractivity contribution in [2.45, 2.75) is 70.6 Å². The predicted molar refractivity (Wildman–Crippen MR) is 109 cm³/mol. The Bertz CT molecular complexity index is 801. The second-order valence-electron chi connectivity index (χ2n) is 8.18. The molecule has 1 atom stereocenters. The molecule has 7 heteroatoms. The molecular weight excluding hydrogens is 362 g/mol. The number of aryl methyl sites for hydroxylation is 2. The molecule has 1 unspecified atom stereocenters. The molecule has 2 N–H and O–H groups in total. The van der Waals surface area contributed by atoms with Gasteiger partial charge in [0, 0.05) is 18.3 Å². The van der Waals surface area contributed by atoms with Crippen LogP contribution in [0, 0.1) is 0 Å². The van der Waals surface area contributed by atoms with E-state index in [9.17, 15) is 13.2 Å². The van der Waals surface area contributed by atoms with Crippen LogP contribution >= 0.6 is 0 Å². The molecule has 3 rings (SSSR count). The summed E-state index contributed by atoms with van der Waals surface area (Å²) in [5.41, 5.74) is 5.85. The summed E-state index contributed by atoms with van der Waals surface area (Å²) in [6.07, 6.45) is 6.14. The molecule has 1 aromatic rings. The molecule has 2 amide bonds. The zero-order valence-corrected chi connectivity index (χ0v) is 17.6. The summed E-state index contributed by atoms with van der Waals surface area (Å²) in [4.78, 5) is 14.5. The molecule has 0 radical (unpaired) electrons. The van der Waals surface area contributed by atoms with Gasteiger partial charge < -0.3 is 10.2 Å². The summed E-state index contributed by atoms with van der Waals surface area (Å²) in [7, 11) is -1.86. The molecule has 150 valence electrons. The third kappa shape index (κ3) is 4.29. The molecule has 0 bridgehead atoms. The van der Waals surface area contributed by atoms with Gasteiger partial charge in [0.15, 0.2) is 0 Å². The van der Waals surface area contributed by atoms with Crippen LogP contribution in [0.5, 0.6) is 0 Å². The first kappa shape index (κ1) is 20.1. The van der Waals surface area contributed by atoms with E-state index in [1.54, 1.807) is 6.92 Å². The van der Waals surface area contributed by atoms with Crippen molar-refractivity contribution in [1.29, 1.82) is 0 Å². The number of nitrogens with one attached hydrogen (secondary N) is 2. The number of hydrogen-bond donors (Lipinski definition) is 2. The van der Waals surface area contributed by atoms with Crippen molar-refractivity contribution in [1.82, 2.24) is 9.62 Å². The van der Waals surface area contributed by atoms with Gasteiger partial charge in [0.25, 0.3) is 0 Å². The van der Waals surface area contributed by atoms with E-state index >= 15 is 0 Å². The number of rotatable bonds is 6. The fraction of sp³-hybridized carbons (Fsp3) is 0.650. The van der Waals surface area contributed by atoms with Crippen molar-refractivity contribution in [2.24, 2.45) is 0 Å². The number of fused-ring (bicyclic) bond motifs is 2. The van der Waals surface area contributed by atoms with E-state index in [1.165, 1.54) is 22.3 Å². The van der Waals surface area contributed by atoms with E-state index in [4.69, 9.17) is 0 Å². The molecule has 0 fully saturated rings. The number of hydrogen-bond acceptors (Lipinski definition) is 4. The first-order valence-electron chi connectivity index (χ1n) is 9.88. The second-order valence-corrected chi connectivity index (χ2v) is 10.3. The Balaban J connectivity index is 1.73. The Hall–Kier alpha value is -1.60. The molecule has 0 aromatic heterocycles. The molecule has 0 spiro atoms. The van der Waals surface area contributed by atoms with Gasteiger partial charge in [-0.25, -0.2) is 17.9 Å². The summed E-state index contributed by atoms with van der Waals surface area (Å²) in [5, 5.41) is 2.21. The van der Waals surface area contributed by atoms with Crippen LogP contribution in [0.2, 0.25) is 0 Å². The van der Waals surface area contributed by atoms with Gasteiger partial charge in [-0.05, 0) is 88.6 Å². The van der Waals surface area contributed by atoms with Crippen molar-refractivity contribution in [3.8, 4) is 0 Å². The number of carbonyl (C=O) groups excluding carboxylic acids is 1. The maximum Gasteiger partial charge on any atom is 0.332 e. The normalized spacial score (nSPS) is 17.1. The van der Waals surface area contributed by atoms with Crippen LogP contribution in [0.3, 0.4) is 0 Å². The molecule has 0 aliphatic heterocycles. The maximum atomic E-state index is 12.6. The number of amides is 2. The first-order valence-corrected chi connectivity index (χ1v) is 11.4. The molecule has 2 aliphatic carbocycles. The summed E-state index contributed by atoms with van der Waals surface area (Å²) in [6, 6.07) is 1.88. The largest absolute Gasteiger partial charge is 0.332 e. The van der Waals surface area contributed by atoms with E-state index in [2.05, 4.69) is 16.1 Å². The smallest absolute Gasteiger partial charge is 0.307 e. The Morgan fingerprint density at radius 3 is 2.15 bits per heavy atom. The van der Waals surface area contributed by atoms with Crippen molar-refractivity contribution in [3.05, 3.63) is 28.3 Å². The van der Waals surface area contributed by atoms with Gasteiger partial charge in [-0.1, -0.05) is 6.07 Å². The summed E-state index contributed by atoms with van der Waals surface area (Å²) < 4.78 is 27.3. The van der Waals surface area contributed by atoms with Crippen molar-refractivity contribution < 1.29 is 13.2 Å². The number of nitrogens with zero attached hydrogens (tertiary/aromatic N) is 1.